The summed E-state index contributed by atoms with van der Waals surface area (Å²) in [6, 6.07) is 0. The molecule has 2 nitrogen and oxygen atoms in total. The molecule has 0 aromatic rings. The average molecular weight is 212 g/mol. The summed E-state index contributed by atoms with van der Waals surface area (Å²) in [4.78, 5) is 0. The molecule has 0 heterocycles. The highest BCUT2D eigenvalue weighted by molar-refractivity contribution is 5.02. The Kier molecular flexibility index (Phi) is 2.85. The summed E-state index contributed by atoms with van der Waals surface area (Å²) >= 11 is 0. The first-order chi connectivity index (χ1) is 7.04. The predicted octanol–water partition coefficient (Wildman–Crippen LogP) is 2.48. The second-order valence-electron chi connectivity index (χ2n) is 5.62. The Morgan fingerprint density at radius 3 is 1.67 bits per heavy atom. The van der Waals surface area contributed by atoms with E-state index in [1.807, 2.05) is 0 Å². The van der Waals surface area contributed by atoms with Crippen LogP contribution in [0, 0.1) is 11.8 Å². The predicted molar refractivity (Wildman–Crippen MR) is 60.5 cm³/mol. The molecule has 4 atom stereocenters. The van der Waals surface area contributed by atoms with Gasteiger partial charge in [0, 0.05) is 0 Å². The molecule has 2 saturated carbocycles. The van der Waals surface area contributed by atoms with Crippen molar-refractivity contribution in [1.82, 2.24) is 0 Å². The first-order valence-electron chi connectivity index (χ1n) is 6.49. The molecule has 0 spiro atoms. The van der Waals surface area contributed by atoms with Crippen molar-refractivity contribution < 1.29 is 10.2 Å². The minimum absolute atomic E-state index is 0.425. The molecular weight excluding hydrogens is 188 g/mol. The van der Waals surface area contributed by atoms with Crippen LogP contribution in [0.5, 0.6) is 0 Å². The lowest BCUT2D eigenvalue weighted by atomic mass is 9.58. The minimum atomic E-state index is -0.425. The van der Waals surface area contributed by atoms with E-state index in [2.05, 4.69) is 13.8 Å². The van der Waals surface area contributed by atoms with Crippen molar-refractivity contribution in [3.05, 3.63) is 0 Å². The minimum Gasteiger partial charge on any atom is -0.390 e. The smallest absolute Gasteiger partial charge is 0.0673 e. The summed E-state index contributed by atoms with van der Waals surface area (Å²) in [6.07, 6.45) is 6.57. The van der Waals surface area contributed by atoms with E-state index >= 15 is 0 Å². The molecule has 0 aromatic carbocycles. The zero-order valence-electron chi connectivity index (χ0n) is 10.00. The van der Waals surface area contributed by atoms with Crippen molar-refractivity contribution in [3.63, 3.8) is 0 Å². The largest absolute Gasteiger partial charge is 0.390 e. The number of hydrogen-bond acceptors (Lipinski definition) is 2. The Hall–Kier alpha value is -0.0800. The van der Waals surface area contributed by atoms with Crippen LogP contribution in [0.25, 0.3) is 0 Å². The highest BCUT2D eigenvalue weighted by atomic mass is 16.3. The molecule has 2 fully saturated rings. The molecule has 2 N–H and O–H groups in total. The normalized spacial score (nSPS) is 50.4. The van der Waals surface area contributed by atoms with E-state index in [1.54, 1.807) is 0 Å². The molecule has 2 rings (SSSR count). The zero-order valence-corrected chi connectivity index (χ0v) is 10.00. The molecule has 15 heavy (non-hydrogen) atoms. The second kappa shape index (κ2) is 3.74. The van der Waals surface area contributed by atoms with Gasteiger partial charge in [-0.05, 0) is 56.8 Å². The van der Waals surface area contributed by atoms with Gasteiger partial charge in [0.1, 0.15) is 0 Å². The molecule has 2 heteroatoms. The number of rotatable bonds is 2. The summed E-state index contributed by atoms with van der Waals surface area (Å²) < 4.78 is 0. The van der Waals surface area contributed by atoms with Crippen LogP contribution >= 0.6 is 0 Å². The van der Waals surface area contributed by atoms with Crippen molar-refractivity contribution in [2.75, 3.05) is 0 Å². The molecule has 88 valence electrons. The Bertz CT molecular complexity index is 217. The van der Waals surface area contributed by atoms with Crippen LogP contribution < -0.4 is 0 Å². The maximum Gasteiger partial charge on any atom is 0.0673 e. The van der Waals surface area contributed by atoms with Crippen molar-refractivity contribution in [2.45, 2.75) is 70.0 Å². The van der Waals surface area contributed by atoms with Gasteiger partial charge in [0.15, 0.2) is 0 Å². The second-order valence-corrected chi connectivity index (χ2v) is 5.62. The molecule has 0 radical (unpaired) electrons. The lowest BCUT2D eigenvalue weighted by Crippen LogP contribution is -2.53. The molecule has 2 aliphatic carbocycles. The molecule has 0 aliphatic heterocycles. The van der Waals surface area contributed by atoms with Crippen molar-refractivity contribution in [2.24, 2.45) is 11.8 Å². The van der Waals surface area contributed by atoms with Crippen LogP contribution in [0.1, 0.15) is 58.8 Å². The maximum absolute atomic E-state index is 10.5. The van der Waals surface area contributed by atoms with Gasteiger partial charge in [-0.15, -0.1) is 0 Å². The average Bonchev–Trinajstić information content (AvgIpc) is 2.27. The fourth-order valence-corrected chi connectivity index (χ4v) is 3.74. The topological polar surface area (TPSA) is 40.5 Å². The van der Waals surface area contributed by atoms with Gasteiger partial charge in [-0.2, -0.15) is 0 Å². The Labute approximate surface area is 92.7 Å². The zero-order chi connectivity index (χ0) is 11.1. The lowest BCUT2D eigenvalue weighted by Gasteiger charge is -2.52. The Balaban J connectivity index is 2.12. The van der Waals surface area contributed by atoms with Gasteiger partial charge >= 0.3 is 0 Å². The summed E-state index contributed by atoms with van der Waals surface area (Å²) in [7, 11) is 0. The van der Waals surface area contributed by atoms with E-state index in [9.17, 15) is 10.2 Å². The maximum atomic E-state index is 10.5. The van der Waals surface area contributed by atoms with Gasteiger partial charge in [-0.25, -0.2) is 0 Å². The molecule has 2 bridgehead atoms. The summed E-state index contributed by atoms with van der Waals surface area (Å²) in [5.41, 5.74) is -0.850. The van der Waals surface area contributed by atoms with Gasteiger partial charge < -0.3 is 10.2 Å². The SMILES string of the molecule is CC[C@@]1(O)CC[C@@H]2C[C@H]1CC[C@]2(O)CC. The summed E-state index contributed by atoms with van der Waals surface area (Å²) in [5.74, 6) is 0.876. The summed E-state index contributed by atoms with van der Waals surface area (Å²) in [5, 5.41) is 20.9. The molecule has 0 unspecified atom stereocenters. The highest BCUT2D eigenvalue weighted by Crippen LogP contribution is 2.51. The molecule has 0 amide bonds. The molecule has 0 aromatic heterocycles. The van der Waals surface area contributed by atoms with Crippen molar-refractivity contribution in [3.8, 4) is 0 Å². The van der Waals surface area contributed by atoms with Crippen LogP contribution in [0.2, 0.25) is 0 Å². The van der Waals surface area contributed by atoms with Crippen molar-refractivity contribution >= 4 is 0 Å². The van der Waals surface area contributed by atoms with Crippen LogP contribution in [0.3, 0.4) is 0 Å². The van der Waals surface area contributed by atoms with Crippen LogP contribution in [0.15, 0.2) is 0 Å². The van der Waals surface area contributed by atoms with Gasteiger partial charge in [-0.3, -0.25) is 0 Å². The monoisotopic (exact) mass is 212 g/mol. The summed E-state index contributed by atoms with van der Waals surface area (Å²) in [6.45, 7) is 4.17. The fraction of sp³-hybridized carbons (Fsp3) is 1.00. The fourth-order valence-electron chi connectivity index (χ4n) is 3.74. The lowest BCUT2D eigenvalue weighted by molar-refractivity contribution is -0.149. The van der Waals surface area contributed by atoms with E-state index in [0.717, 1.165) is 44.9 Å². The van der Waals surface area contributed by atoms with Crippen LogP contribution in [-0.4, -0.2) is 21.4 Å². The van der Waals surface area contributed by atoms with Crippen molar-refractivity contribution in [1.29, 1.82) is 0 Å². The van der Waals surface area contributed by atoms with Gasteiger partial charge in [0.05, 0.1) is 11.2 Å². The Morgan fingerprint density at radius 2 is 1.33 bits per heavy atom. The van der Waals surface area contributed by atoms with Crippen LogP contribution in [-0.2, 0) is 0 Å². The van der Waals surface area contributed by atoms with Crippen LogP contribution in [0.4, 0.5) is 0 Å². The van der Waals surface area contributed by atoms with Gasteiger partial charge in [0.25, 0.3) is 0 Å². The molecule has 0 saturated heterocycles. The quantitative estimate of drug-likeness (QED) is 0.738. The third-order valence-corrected chi connectivity index (χ3v) is 5.16. The highest BCUT2D eigenvalue weighted by Gasteiger charge is 2.50. The number of aliphatic hydroxyl groups is 2. The van der Waals surface area contributed by atoms with Gasteiger partial charge in [-0.1, -0.05) is 13.8 Å². The third-order valence-electron chi connectivity index (χ3n) is 5.16. The number of hydrogen-bond donors (Lipinski definition) is 2. The van der Waals surface area contributed by atoms with E-state index in [-0.39, 0.29) is 0 Å². The van der Waals surface area contributed by atoms with E-state index in [1.165, 1.54) is 0 Å². The molecule has 2 aliphatic rings. The van der Waals surface area contributed by atoms with Gasteiger partial charge in [0.2, 0.25) is 0 Å². The van der Waals surface area contributed by atoms with E-state index < -0.39 is 11.2 Å². The first-order valence-corrected chi connectivity index (χ1v) is 6.49. The first kappa shape index (κ1) is 11.4. The Morgan fingerprint density at radius 1 is 0.933 bits per heavy atom. The van der Waals surface area contributed by atoms with E-state index in [4.69, 9.17) is 0 Å². The molecular formula is C13H24O2. The number of fused-ring (bicyclic) bond motifs is 2. The standard InChI is InChI=1S/C13H24O2/c1-3-12(14)7-5-11-9-10(12)6-8-13(11,15)4-2/h10-11,14-15H,3-9H2,1-2H3/t10-,11-,12-,13-/m1/s1. The van der Waals surface area contributed by atoms with E-state index in [0.29, 0.717) is 11.8 Å². The third kappa shape index (κ3) is 1.72.